The van der Waals surface area contributed by atoms with Crippen LogP contribution in [0.4, 0.5) is 5.69 Å². The molecule has 1 aliphatic rings. The molecule has 1 N–H and O–H groups in total. The average Bonchev–Trinajstić information content (AvgIpc) is 3.18. The van der Waals surface area contributed by atoms with Crippen LogP contribution in [-0.2, 0) is 16.0 Å². The number of amides is 2. The van der Waals surface area contributed by atoms with Crippen LogP contribution in [0.3, 0.4) is 0 Å². The Hall–Kier alpha value is -3.40. The van der Waals surface area contributed by atoms with E-state index in [1.165, 1.54) is 5.56 Å². The molecule has 2 amide bonds. The van der Waals surface area contributed by atoms with Gasteiger partial charge in [-0.25, -0.2) is 0 Å². The van der Waals surface area contributed by atoms with Crippen molar-refractivity contribution >= 4 is 17.5 Å². The van der Waals surface area contributed by atoms with Crippen LogP contribution in [-0.4, -0.2) is 23.3 Å². The number of hydrogen-bond acceptors (Lipinski definition) is 2. The molecule has 3 aromatic carbocycles. The van der Waals surface area contributed by atoms with Crippen LogP contribution in [0.15, 0.2) is 84.9 Å². The second-order valence-electron chi connectivity index (χ2n) is 7.84. The van der Waals surface area contributed by atoms with E-state index in [-0.39, 0.29) is 30.2 Å². The molecular weight excluding hydrogens is 372 g/mol. The molecule has 0 spiro atoms. The van der Waals surface area contributed by atoms with Gasteiger partial charge in [-0.3, -0.25) is 9.59 Å². The number of rotatable bonds is 6. The molecule has 0 aliphatic carbocycles. The quantitative estimate of drug-likeness (QED) is 0.647. The van der Waals surface area contributed by atoms with Crippen molar-refractivity contribution in [3.05, 3.63) is 102 Å². The molecule has 1 fully saturated rings. The SMILES string of the molecule is C[C@H](c1ccccc1)N1C[C@H](C(=O)Nc2ccccc2Cc2ccccc2)CC1=O. The molecule has 0 bridgehead atoms. The molecule has 1 saturated heterocycles. The summed E-state index contributed by atoms with van der Waals surface area (Å²) in [5.74, 6) is -0.399. The molecular formula is C26H26N2O2. The fourth-order valence-corrected chi connectivity index (χ4v) is 4.04. The van der Waals surface area contributed by atoms with Gasteiger partial charge in [-0.2, -0.15) is 0 Å². The first-order valence-corrected chi connectivity index (χ1v) is 10.4. The number of carbonyl (C=O) groups excluding carboxylic acids is 2. The Balaban J connectivity index is 1.44. The van der Waals surface area contributed by atoms with Crippen molar-refractivity contribution in [1.82, 2.24) is 4.90 Å². The van der Waals surface area contributed by atoms with Gasteiger partial charge in [-0.1, -0.05) is 78.9 Å². The third kappa shape index (κ3) is 4.43. The van der Waals surface area contributed by atoms with Gasteiger partial charge in [-0.15, -0.1) is 0 Å². The van der Waals surface area contributed by atoms with E-state index in [1.54, 1.807) is 0 Å². The van der Waals surface area contributed by atoms with Gasteiger partial charge in [0.25, 0.3) is 0 Å². The second kappa shape index (κ2) is 8.95. The minimum atomic E-state index is -0.339. The van der Waals surface area contributed by atoms with Gasteiger partial charge in [0.05, 0.1) is 12.0 Å². The molecule has 1 aliphatic heterocycles. The lowest BCUT2D eigenvalue weighted by Gasteiger charge is -2.25. The third-order valence-corrected chi connectivity index (χ3v) is 5.79. The maximum Gasteiger partial charge on any atom is 0.229 e. The largest absolute Gasteiger partial charge is 0.335 e. The predicted octanol–water partition coefficient (Wildman–Crippen LogP) is 4.83. The summed E-state index contributed by atoms with van der Waals surface area (Å²) in [6.45, 7) is 2.46. The maximum absolute atomic E-state index is 13.0. The summed E-state index contributed by atoms with van der Waals surface area (Å²) in [5.41, 5.74) is 4.16. The number of likely N-dealkylation sites (tertiary alicyclic amines) is 1. The van der Waals surface area contributed by atoms with Gasteiger partial charge in [0.15, 0.2) is 0 Å². The van der Waals surface area contributed by atoms with Crippen molar-refractivity contribution in [2.24, 2.45) is 5.92 Å². The summed E-state index contributed by atoms with van der Waals surface area (Å²) < 4.78 is 0. The van der Waals surface area contributed by atoms with E-state index in [1.807, 2.05) is 84.6 Å². The second-order valence-corrected chi connectivity index (χ2v) is 7.84. The fourth-order valence-electron chi connectivity index (χ4n) is 4.04. The van der Waals surface area contributed by atoms with Crippen molar-refractivity contribution in [2.45, 2.75) is 25.8 Å². The lowest BCUT2D eigenvalue weighted by molar-refractivity contribution is -0.129. The van der Waals surface area contributed by atoms with Crippen LogP contribution >= 0.6 is 0 Å². The smallest absolute Gasteiger partial charge is 0.229 e. The van der Waals surface area contributed by atoms with Crippen LogP contribution < -0.4 is 5.32 Å². The number of carbonyl (C=O) groups is 2. The Labute approximate surface area is 177 Å². The average molecular weight is 399 g/mol. The number of hydrogen-bond donors (Lipinski definition) is 1. The predicted molar refractivity (Wildman–Crippen MR) is 119 cm³/mol. The standard InChI is InChI=1S/C26H26N2O2/c1-19(21-12-6-3-7-13-21)28-18-23(17-25(28)29)26(30)27-24-15-9-8-14-22(24)16-20-10-4-2-5-11-20/h2-15,19,23H,16-18H2,1H3,(H,27,30)/t19-,23-/m1/s1. The molecule has 0 radical (unpaired) electrons. The van der Waals surface area contributed by atoms with E-state index in [0.29, 0.717) is 6.54 Å². The molecule has 2 atom stereocenters. The van der Waals surface area contributed by atoms with Crippen molar-refractivity contribution in [2.75, 3.05) is 11.9 Å². The Kier molecular flexibility index (Phi) is 5.94. The van der Waals surface area contributed by atoms with Crippen molar-refractivity contribution in [1.29, 1.82) is 0 Å². The lowest BCUT2D eigenvalue weighted by Crippen LogP contribution is -2.30. The topological polar surface area (TPSA) is 49.4 Å². The fraction of sp³-hybridized carbons (Fsp3) is 0.231. The monoisotopic (exact) mass is 398 g/mol. The van der Waals surface area contributed by atoms with Gasteiger partial charge < -0.3 is 10.2 Å². The molecule has 4 heteroatoms. The van der Waals surface area contributed by atoms with Gasteiger partial charge in [0.2, 0.25) is 11.8 Å². The molecule has 0 saturated carbocycles. The highest BCUT2D eigenvalue weighted by molar-refractivity contribution is 5.97. The molecule has 3 aromatic rings. The number of nitrogens with zero attached hydrogens (tertiary/aromatic N) is 1. The summed E-state index contributed by atoms with van der Waals surface area (Å²) >= 11 is 0. The maximum atomic E-state index is 13.0. The summed E-state index contributed by atoms with van der Waals surface area (Å²) in [4.78, 5) is 27.4. The number of para-hydroxylation sites is 1. The Morgan fingerprint density at radius 3 is 2.33 bits per heavy atom. The number of anilines is 1. The van der Waals surface area contributed by atoms with E-state index in [0.717, 1.165) is 23.2 Å². The minimum Gasteiger partial charge on any atom is -0.335 e. The summed E-state index contributed by atoms with van der Waals surface area (Å²) in [5, 5.41) is 3.07. The molecule has 4 nitrogen and oxygen atoms in total. The van der Waals surface area contributed by atoms with E-state index < -0.39 is 0 Å². The summed E-state index contributed by atoms with van der Waals surface area (Å²) in [6, 6.07) is 28.0. The Morgan fingerprint density at radius 2 is 1.60 bits per heavy atom. The first-order chi connectivity index (χ1) is 14.6. The normalized spacial score (nSPS) is 17.0. The zero-order valence-corrected chi connectivity index (χ0v) is 17.1. The molecule has 1 heterocycles. The molecule has 152 valence electrons. The summed E-state index contributed by atoms with van der Waals surface area (Å²) in [6.07, 6.45) is 1.00. The Bertz CT molecular complexity index is 1020. The van der Waals surface area contributed by atoms with Gasteiger partial charge in [0, 0.05) is 18.7 Å². The highest BCUT2D eigenvalue weighted by Gasteiger charge is 2.37. The van der Waals surface area contributed by atoms with Crippen LogP contribution in [0.25, 0.3) is 0 Å². The van der Waals surface area contributed by atoms with E-state index in [4.69, 9.17) is 0 Å². The molecule has 4 rings (SSSR count). The number of benzene rings is 3. The summed E-state index contributed by atoms with van der Waals surface area (Å²) in [7, 11) is 0. The number of nitrogens with one attached hydrogen (secondary N) is 1. The zero-order chi connectivity index (χ0) is 20.9. The van der Waals surface area contributed by atoms with Crippen LogP contribution in [0, 0.1) is 5.92 Å². The van der Waals surface area contributed by atoms with Crippen molar-refractivity contribution in [3.63, 3.8) is 0 Å². The molecule has 0 unspecified atom stereocenters. The van der Waals surface area contributed by atoms with Crippen molar-refractivity contribution < 1.29 is 9.59 Å². The Morgan fingerprint density at radius 1 is 0.967 bits per heavy atom. The lowest BCUT2D eigenvalue weighted by atomic mass is 10.0. The first kappa shape index (κ1) is 19.9. The zero-order valence-electron chi connectivity index (χ0n) is 17.1. The van der Waals surface area contributed by atoms with Crippen LogP contribution in [0.1, 0.15) is 36.1 Å². The van der Waals surface area contributed by atoms with Gasteiger partial charge >= 0.3 is 0 Å². The molecule has 30 heavy (non-hydrogen) atoms. The van der Waals surface area contributed by atoms with E-state index >= 15 is 0 Å². The highest BCUT2D eigenvalue weighted by atomic mass is 16.2. The molecule has 0 aromatic heterocycles. The van der Waals surface area contributed by atoms with Gasteiger partial charge in [-0.05, 0) is 36.1 Å². The van der Waals surface area contributed by atoms with E-state index in [9.17, 15) is 9.59 Å². The van der Waals surface area contributed by atoms with Crippen LogP contribution in [0.5, 0.6) is 0 Å². The minimum absolute atomic E-state index is 0.0315. The van der Waals surface area contributed by atoms with E-state index in [2.05, 4.69) is 17.4 Å². The van der Waals surface area contributed by atoms with Crippen molar-refractivity contribution in [3.8, 4) is 0 Å². The third-order valence-electron chi connectivity index (χ3n) is 5.79. The van der Waals surface area contributed by atoms with Gasteiger partial charge in [0.1, 0.15) is 0 Å². The van der Waals surface area contributed by atoms with Crippen LogP contribution in [0.2, 0.25) is 0 Å². The first-order valence-electron chi connectivity index (χ1n) is 10.4. The highest BCUT2D eigenvalue weighted by Crippen LogP contribution is 2.29.